The van der Waals surface area contributed by atoms with Crippen LogP contribution < -0.4 is 5.32 Å². The number of amides is 1. The molecule has 1 aromatic heterocycles. The highest BCUT2D eigenvalue weighted by Gasteiger charge is 2.14. The van der Waals surface area contributed by atoms with Crippen LogP contribution in [-0.4, -0.2) is 28.8 Å². The van der Waals surface area contributed by atoms with E-state index in [2.05, 4.69) is 10.1 Å². The molecule has 0 bridgehead atoms. The first-order valence-electron chi connectivity index (χ1n) is 9.81. The lowest BCUT2D eigenvalue weighted by atomic mass is 10.1. The SMILES string of the molecule is COC(=O)c1ccc(C(=O)NCc2cn(-c3ccccc3)nc2-c2ccccc2)cc1. The Morgan fingerprint density at radius 2 is 1.48 bits per heavy atom. The standard InChI is InChI=1S/C25H21N3O3/c1-31-25(30)20-14-12-19(13-15-20)24(29)26-16-21-17-28(22-10-6-3-7-11-22)27-23(21)18-8-4-2-5-9-18/h2-15,17H,16H2,1H3,(H,26,29). The molecule has 0 radical (unpaired) electrons. The van der Waals surface area contributed by atoms with E-state index in [1.165, 1.54) is 7.11 Å². The third-order valence-corrected chi connectivity index (χ3v) is 4.87. The first kappa shape index (κ1) is 20.1. The fourth-order valence-corrected chi connectivity index (χ4v) is 3.24. The summed E-state index contributed by atoms with van der Waals surface area (Å²) in [6.45, 7) is 0.314. The minimum Gasteiger partial charge on any atom is -0.465 e. The average molecular weight is 411 g/mol. The van der Waals surface area contributed by atoms with E-state index in [1.54, 1.807) is 24.3 Å². The molecule has 1 heterocycles. The molecule has 0 saturated carbocycles. The number of carbonyl (C=O) groups excluding carboxylic acids is 2. The molecular formula is C25H21N3O3. The molecule has 0 unspecified atom stereocenters. The molecule has 6 nitrogen and oxygen atoms in total. The van der Waals surface area contributed by atoms with Gasteiger partial charge in [0.2, 0.25) is 0 Å². The Balaban J connectivity index is 1.56. The summed E-state index contributed by atoms with van der Waals surface area (Å²) < 4.78 is 6.50. The van der Waals surface area contributed by atoms with E-state index in [1.807, 2.05) is 71.5 Å². The van der Waals surface area contributed by atoms with Gasteiger partial charge in [0.05, 0.1) is 24.1 Å². The molecule has 1 amide bonds. The van der Waals surface area contributed by atoms with Crippen LogP contribution in [0.4, 0.5) is 0 Å². The summed E-state index contributed by atoms with van der Waals surface area (Å²) in [6, 6.07) is 26.0. The molecule has 0 saturated heterocycles. The van der Waals surface area contributed by atoms with Crippen molar-refractivity contribution in [2.45, 2.75) is 6.54 Å². The van der Waals surface area contributed by atoms with Crippen LogP contribution in [0.2, 0.25) is 0 Å². The largest absolute Gasteiger partial charge is 0.465 e. The van der Waals surface area contributed by atoms with Crippen LogP contribution in [-0.2, 0) is 11.3 Å². The number of carbonyl (C=O) groups is 2. The smallest absolute Gasteiger partial charge is 0.337 e. The van der Waals surface area contributed by atoms with Gasteiger partial charge in [-0.1, -0.05) is 48.5 Å². The van der Waals surface area contributed by atoms with Gasteiger partial charge in [0.15, 0.2) is 0 Å². The second-order valence-electron chi connectivity index (χ2n) is 6.90. The van der Waals surface area contributed by atoms with Crippen LogP contribution in [0.1, 0.15) is 26.3 Å². The molecule has 0 spiro atoms. The Hall–Kier alpha value is -4.19. The number of rotatable bonds is 6. The third kappa shape index (κ3) is 4.53. The molecular weight excluding hydrogens is 390 g/mol. The minimum atomic E-state index is -0.437. The zero-order valence-corrected chi connectivity index (χ0v) is 17.0. The predicted octanol–water partition coefficient (Wildman–Crippen LogP) is 4.26. The highest BCUT2D eigenvalue weighted by atomic mass is 16.5. The number of aromatic nitrogens is 2. The van der Waals surface area contributed by atoms with Gasteiger partial charge in [0.1, 0.15) is 0 Å². The van der Waals surface area contributed by atoms with Gasteiger partial charge < -0.3 is 10.1 Å². The fraction of sp³-hybridized carbons (Fsp3) is 0.0800. The van der Waals surface area contributed by atoms with Gasteiger partial charge in [-0.3, -0.25) is 4.79 Å². The van der Waals surface area contributed by atoms with E-state index >= 15 is 0 Å². The van der Waals surface area contributed by atoms with Crippen molar-refractivity contribution in [3.05, 3.63) is 108 Å². The maximum atomic E-state index is 12.6. The number of esters is 1. The van der Waals surface area contributed by atoms with Gasteiger partial charge in [-0.2, -0.15) is 5.10 Å². The van der Waals surface area contributed by atoms with E-state index < -0.39 is 5.97 Å². The summed E-state index contributed by atoms with van der Waals surface area (Å²) in [5.74, 6) is -0.671. The van der Waals surface area contributed by atoms with Gasteiger partial charge in [-0.25, -0.2) is 9.48 Å². The van der Waals surface area contributed by atoms with Crippen molar-refractivity contribution >= 4 is 11.9 Å². The number of ether oxygens (including phenoxy) is 1. The lowest BCUT2D eigenvalue weighted by molar-refractivity contribution is 0.0600. The molecule has 154 valence electrons. The zero-order chi connectivity index (χ0) is 21.6. The molecule has 3 aromatic carbocycles. The number of hydrogen-bond donors (Lipinski definition) is 1. The number of hydrogen-bond acceptors (Lipinski definition) is 4. The van der Waals surface area contributed by atoms with Crippen molar-refractivity contribution in [2.75, 3.05) is 7.11 Å². The van der Waals surface area contributed by atoms with Gasteiger partial charge in [0, 0.05) is 29.4 Å². The number of benzene rings is 3. The summed E-state index contributed by atoms with van der Waals surface area (Å²) in [6.07, 6.45) is 1.93. The van der Waals surface area contributed by atoms with Crippen molar-refractivity contribution in [1.29, 1.82) is 0 Å². The second-order valence-corrected chi connectivity index (χ2v) is 6.90. The van der Waals surface area contributed by atoms with E-state index in [9.17, 15) is 9.59 Å². The van der Waals surface area contributed by atoms with Crippen LogP contribution in [0.25, 0.3) is 16.9 Å². The highest BCUT2D eigenvalue weighted by Crippen LogP contribution is 2.23. The van der Waals surface area contributed by atoms with Gasteiger partial charge >= 0.3 is 5.97 Å². The average Bonchev–Trinajstić information content (AvgIpc) is 3.27. The number of para-hydroxylation sites is 1. The molecule has 4 rings (SSSR count). The minimum absolute atomic E-state index is 0.233. The van der Waals surface area contributed by atoms with Gasteiger partial charge in [0.25, 0.3) is 5.91 Å². The summed E-state index contributed by atoms with van der Waals surface area (Å²) in [4.78, 5) is 24.2. The molecule has 31 heavy (non-hydrogen) atoms. The van der Waals surface area contributed by atoms with Crippen molar-refractivity contribution in [3.63, 3.8) is 0 Å². The summed E-state index contributed by atoms with van der Waals surface area (Å²) in [5.41, 5.74) is 4.49. The Morgan fingerprint density at radius 3 is 2.13 bits per heavy atom. The van der Waals surface area contributed by atoms with Crippen LogP contribution in [0, 0.1) is 0 Å². The summed E-state index contributed by atoms with van der Waals surface area (Å²) in [5, 5.41) is 7.70. The van der Waals surface area contributed by atoms with Crippen LogP contribution in [0.15, 0.2) is 91.1 Å². The van der Waals surface area contributed by atoms with E-state index in [-0.39, 0.29) is 5.91 Å². The lowest BCUT2D eigenvalue weighted by Crippen LogP contribution is -2.23. The molecule has 0 atom stereocenters. The molecule has 1 N–H and O–H groups in total. The van der Waals surface area contributed by atoms with Gasteiger partial charge in [-0.15, -0.1) is 0 Å². The van der Waals surface area contributed by atoms with Crippen molar-refractivity contribution in [3.8, 4) is 16.9 Å². The quantitative estimate of drug-likeness (QED) is 0.481. The maximum absolute atomic E-state index is 12.6. The fourth-order valence-electron chi connectivity index (χ4n) is 3.24. The summed E-state index contributed by atoms with van der Waals surface area (Å²) in [7, 11) is 1.32. The van der Waals surface area contributed by atoms with E-state index in [0.29, 0.717) is 17.7 Å². The van der Waals surface area contributed by atoms with Crippen molar-refractivity contribution in [2.24, 2.45) is 0 Å². The topological polar surface area (TPSA) is 73.2 Å². The van der Waals surface area contributed by atoms with Gasteiger partial charge in [-0.05, 0) is 36.4 Å². The summed E-state index contributed by atoms with van der Waals surface area (Å²) >= 11 is 0. The predicted molar refractivity (Wildman–Crippen MR) is 118 cm³/mol. The zero-order valence-electron chi connectivity index (χ0n) is 17.0. The Bertz CT molecular complexity index is 1180. The molecule has 0 fully saturated rings. The van der Waals surface area contributed by atoms with Crippen LogP contribution in [0.5, 0.6) is 0 Å². The Kier molecular flexibility index (Phi) is 5.89. The maximum Gasteiger partial charge on any atom is 0.337 e. The van der Waals surface area contributed by atoms with Crippen LogP contribution >= 0.6 is 0 Å². The Labute approximate surface area is 180 Å². The molecule has 0 aliphatic rings. The highest BCUT2D eigenvalue weighted by molar-refractivity contribution is 5.96. The molecule has 0 aliphatic carbocycles. The molecule has 0 aliphatic heterocycles. The van der Waals surface area contributed by atoms with Crippen LogP contribution in [0.3, 0.4) is 0 Å². The van der Waals surface area contributed by atoms with E-state index in [0.717, 1.165) is 22.5 Å². The lowest BCUT2D eigenvalue weighted by Gasteiger charge is -2.06. The monoisotopic (exact) mass is 411 g/mol. The number of methoxy groups -OCH3 is 1. The molecule has 4 aromatic rings. The third-order valence-electron chi connectivity index (χ3n) is 4.87. The number of nitrogens with zero attached hydrogens (tertiary/aromatic N) is 2. The first-order chi connectivity index (χ1) is 15.2. The second kappa shape index (κ2) is 9.09. The normalized spacial score (nSPS) is 10.5. The number of nitrogens with one attached hydrogen (secondary N) is 1. The van der Waals surface area contributed by atoms with E-state index in [4.69, 9.17) is 5.10 Å². The van der Waals surface area contributed by atoms with Crippen molar-refractivity contribution < 1.29 is 14.3 Å². The molecule has 6 heteroatoms. The van der Waals surface area contributed by atoms with Crippen molar-refractivity contribution in [1.82, 2.24) is 15.1 Å². The first-order valence-corrected chi connectivity index (χ1v) is 9.81. The Morgan fingerprint density at radius 1 is 0.871 bits per heavy atom.